The lowest BCUT2D eigenvalue weighted by atomic mass is 9.99. The van der Waals surface area contributed by atoms with Gasteiger partial charge in [-0.1, -0.05) is 22.9 Å². The number of anilines is 2. The summed E-state index contributed by atoms with van der Waals surface area (Å²) in [5.41, 5.74) is 1.93. The molecule has 34 heavy (non-hydrogen) atoms. The molecule has 0 aliphatic carbocycles. The van der Waals surface area contributed by atoms with Gasteiger partial charge in [-0.2, -0.15) is 4.31 Å². The number of amides is 2. The zero-order chi connectivity index (χ0) is 24.5. The van der Waals surface area contributed by atoms with E-state index >= 15 is 0 Å². The molecule has 4 rings (SSSR count). The second kappa shape index (κ2) is 10.1. The molecule has 182 valence electrons. The third kappa shape index (κ3) is 4.85. The maximum Gasteiger partial charge on any atom is 0.245 e. The quantitative estimate of drug-likeness (QED) is 0.591. The Morgan fingerprint density at radius 1 is 1.18 bits per heavy atom. The number of nitrogens with one attached hydrogen (secondary N) is 1. The lowest BCUT2D eigenvalue weighted by molar-refractivity contribution is -0.121. The molecular weight excluding hydrogens is 522 g/mol. The molecule has 0 aromatic heterocycles. The summed E-state index contributed by atoms with van der Waals surface area (Å²) in [6.45, 7) is 2.66. The largest absolute Gasteiger partial charge is 0.497 e. The normalized spacial score (nSPS) is 18.4. The number of piperidine rings is 1. The summed E-state index contributed by atoms with van der Waals surface area (Å²) >= 11 is 3.43. The number of nitrogens with zero attached hydrogens (tertiary/aromatic N) is 2. The molecule has 8 nitrogen and oxygen atoms in total. The molecule has 0 spiro atoms. The van der Waals surface area contributed by atoms with E-state index in [4.69, 9.17) is 4.74 Å². The summed E-state index contributed by atoms with van der Waals surface area (Å²) in [5, 5.41) is 2.88. The predicted octanol–water partition coefficient (Wildman–Crippen LogP) is 3.80. The Balaban J connectivity index is 1.57. The van der Waals surface area contributed by atoms with E-state index in [9.17, 15) is 18.0 Å². The van der Waals surface area contributed by atoms with E-state index in [0.717, 1.165) is 5.56 Å². The third-order valence-corrected chi connectivity index (χ3v) is 8.66. The van der Waals surface area contributed by atoms with Crippen molar-refractivity contribution in [2.75, 3.05) is 37.0 Å². The van der Waals surface area contributed by atoms with Crippen molar-refractivity contribution in [2.24, 2.45) is 5.92 Å². The summed E-state index contributed by atoms with van der Waals surface area (Å²) in [7, 11) is -2.35. The predicted molar refractivity (Wildman–Crippen MR) is 134 cm³/mol. The molecule has 10 heteroatoms. The Morgan fingerprint density at radius 3 is 2.59 bits per heavy atom. The fourth-order valence-electron chi connectivity index (χ4n) is 4.54. The number of methoxy groups -OCH3 is 1. The molecule has 2 heterocycles. The molecule has 1 N–H and O–H groups in total. The minimum absolute atomic E-state index is 0.0906. The van der Waals surface area contributed by atoms with E-state index < -0.39 is 15.9 Å². The van der Waals surface area contributed by atoms with Gasteiger partial charge >= 0.3 is 0 Å². The monoisotopic (exact) mass is 549 g/mol. The first-order valence-electron chi connectivity index (χ1n) is 11.3. The average molecular weight is 550 g/mol. The minimum atomic E-state index is -3.92. The lowest BCUT2D eigenvalue weighted by Crippen LogP contribution is -2.44. The molecule has 0 unspecified atom stereocenters. The highest BCUT2D eigenvalue weighted by Crippen LogP contribution is 2.40. The number of rotatable bonds is 6. The van der Waals surface area contributed by atoms with Crippen molar-refractivity contribution >= 4 is 49.1 Å². The smallest absolute Gasteiger partial charge is 0.245 e. The lowest BCUT2D eigenvalue weighted by Gasteiger charge is -2.32. The van der Waals surface area contributed by atoms with Gasteiger partial charge in [0, 0.05) is 36.2 Å². The highest BCUT2D eigenvalue weighted by atomic mass is 79.9. The fraction of sp³-hybridized carbons (Fsp3) is 0.417. The highest BCUT2D eigenvalue weighted by Gasteiger charge is 2.38. The Morgan fingerprint density at radius 2 is 1.91 bits per heavy atom. The van der Waals surface area contributed by atoms with Crippen LogP contribution >= 0.6 is 15.9 Å². The summed E-state index contributed by atoms with van der Waals surface area (Å²) in [6.07, 6.45) is 2.08. The van der Waals surface area contributed by atoms with Crippen molar-refractivity contribution in [1.29, 1.82) is 0 Å². The molecule has 1 saturated heterocycles. The van der Waals surface area contributed by atoms with Crippen molar-refractivity contribution in [3.63, 3.8) is 0 Å². The van der Waals surface area contributed by atoms with Gasteiger partial charge in [0.05, 0.1) is 18.7 Å². The van der Waals surface area contributed by atoms with Gasteiger partial charge in [-0.3, -0.25) is 9.59 Å². The van der Waals surface area contributed by atoms with Gasteiger partial charge in [0.2, 0.25) is 21.8 Å². The van der Waals surface area contributed by atoms with E-state index in [-0.39, 0.29) is 23.3 Å². The van der Waals surface area contributed by atoms with Crippen molar-refractivity contribution < 1.29 is 22.7 Å². The maximum absolute atomic E-state index is 13.8. The van der Waals surface area contributed by atoms with Gasteiger partial charge in [-0.25, -0.2) is 8.42 Å². The second-order valence-corrected chi connectivity index (χ2v) is 11.3. The van der Waals surface area contributed by atoms with Crippen LogP contribution in [0.4, 0.5) is 11.4 Å². The van der Waals surface area contributed by atoms with Gasteiger partial charge in [0.15, 0.2) is 0 Å². The van der Waals surface area contributed by atoms with Crippen LogP contribution < -0.4 is 15.0 Å². The van der Waals surface area contributed by atoms with Crippen LogP contribution in [0.5, 0.6) is 5.75 Å². The van der Waals surface area contributed by atoms with Crippen LogP contribution in [0.3, 0.4) is 0 Å². The first-order valence-corrected chi connectivity index (χ1v) is 13.6. The van der Waals surface area contributed by atoms with Crippen molar-refractivity contribution in [3.8, 4) is 5.75 Å². The number of carbonyl (C=O) groups is 2. The topological polar surface area (TPSA) is 96.0 Å². The van der Waals surface area contributed by atoms with Crippen LogP contribution in [0, 0.1) is 5.92 Å². The Labute approximate surface area is 208 Å². The number of carbonyl (C=O) groups excluding carboxylic acids is 2. The number of sulfonamides is 1. The molecule has 0 radical (unpaired) electrons. The van der Waals surface area contributed by atoms with E-state index in [2.05, 4.69) is 21.2 Å². The standard InChI is InChI=1S/C24H28BrN3O5S/c1-3-22(29)28-12-10-16-13-18(25)14-21(23(16)28)34(31,32)27-11-4-5-17(15-27)24(30)26-19-6-8-20(33-2)9-7-19/h6-9,13-14,17H,3-5,10-12,15H2,1-2H3,(H,26,30)/t17-/m1/s1. The van der Waals surface area contributed by atoms with Gasteiger partial charge in [-0.15, -0.1) is 0 Å². The Bertz CT molecular complexity index is 1200. The van der Waals surface area contributed by atoms with E-state index in [1.54, 1.807) is 49.3 Å². The highest BCUT2D eigenvalue weighted by molar-refractivity contribution is 9.10. The van der Waals surface area contributed by atoms with Crippen LogP contribution in [0.1, 0.15) is 31.7 Å². The first kappa shape index (κ1) is 24.7. The van der Waals surface area contributed by atoms with Crippen molar-refractivity contribution in [1.82, 2.24) is 4.31 Å². The number of halogens is 1. The molecule has 2 aliphatic rings. The zero-order valence-electron chi connectivity index (χ0n) is 19.2. The molecule has 1 fully saturated rings. The molecular formula is C24H28BrN3O5S. The van der Waals surface area contributed by atoms with Crippen LogP contribution in [-0.4, -0.2) is 51.3 Å². The average Bonchev–Trinajstić information content (AvgIpc) is 3.27. The number of fused-ring (bicyclic) bond motifs is 1. The molecule has 0 bridgehead atoms. The summed E-state index contributed by atoms with van der Waals surface area (Å²) < 4.78 is 34.7. The van der Waals surface area contributed by atoms with Crippen LogP contribution in [0.15, 0.2) is 45.8 Å². The van der Waals surface area contributed by atoms with E-state index in [1.165, 1.54) is 4.31 Å². The van der Waals surface area contributed by atoms with Crippen LogP contribution in [0.25, 0.3) is 0 Å². The summed E-state index contributed by atoms with van der Waals surface area (Å²) in [6, 6.07) is 10.4. The maximum atomic E-state index is 13.8. The number of hydrogen-bond donors (Lipinski definition) is 1. The van der Waals surface area contributed by atoms with Crippen LogP contribution in [0.2, 0.25) is 0 Å². The van der Waals surface area contributed by atoms with E-state index in [1.807, 2.05) is 6.07 Å². The number of benzene rings is 2. The number of hydrogen-bond acceptors (Lipinski definition) is 5. The Hall–Kier alpha value is -2.43. The van der Waals surface area contributed by atoms with Gasteiger partial charge in [0.1, 0.15) is 10.6 Å². The van der Waals surface area contributed by atoms with Crippen molar-refractivity contribution in [2.45, 2.75) is 37.5 Å². The molecule has 2 aliphatic heterocycles. The second-order valence-electron chi connectivity index (χ2n) is 8.48. The number of ether oxygens (including phenoxy) is 1. The summed E-state index contributed by atoms with van der Waals surface area (Å²) in [4.78, 5) is 27.1. The molecule has 2 aromatic carbocycles. The SMILES string of the molecule is CCC(=O)N1CCc2cc(Br)cc(S(=O)(=O)N3CCC[C@@H](C(=O)Nc4ccc(OC)cc4)C3)c21. The Kier molecular flexibility index (Phi) is 7.30. The minimum Gasteiger partial charge on any atom is -0.497 e. The first-order chi connectivity index (χ1) is 16.2. The van der Waals surface area contributed by atoms with E-state index in [0.29, 0.717) is 60.4 Å². The molecule has 2 aromatic rings. The summed E-state index contributed by atoms with van der Waals surface area (Å²) in [5.74, 6) is -0.107. The van der Waals surface area contributed by atoms with Crippen LogP contribution in [-0.2, 0) is 26.0 Å². The molecule has 0 saturated carbocycles. The van der Waals surface area contributed by atoms with Crippen molar-refractivity contribution in [3.05, 3.63) is 46.4 Å². The zero-order valence-corrected chi connectivity index (χ0v) is 21.6. The molecule has 1 atom stereocenters. The van der Waals surface area contributed by atoms with Gasteiger partial charge in [0.25, 0.3) is 0 Å². The fourth-order valence-corrected chi connectivity index (χ4v) is 6.98. The van der Waals surface area contributed by atoms with Gasteiger partial charge < -0.3 is 15.0 Å². The molecule has 2 amide bonds. The van der Waals surface area contributed by atoms with Gasteiger partial charge in [-0.05, 0) is 61.2 Å². The third-order valence-electron chi connectivity index (χ3n) is 6.33.